The maximum atomic E-state index is 12.8. The number of aryl methyl sites for hydroxylation is 1. The van der Waals surface area contributed by atoms with Crippen LogP contribution < -0.4 is 25.3 Å². The monoisotopic (exact) mass is 465 g/mol. The van der Waals surface area contributed by atoms with Crippen LogP contribution in [0, 0.1) is 6.92 Å². The van der Waals surface area contributed by atoms with Crippen LogP contribution in [0.25, 0.3) is 10.9 Å². The molecule has 1 aromatic heterocycles. The summed E-state index contributed by atoms with van der Waals surface area (Å²) in [6.07, 6.45) is 0. The number of amides is 1. The molecule has 1 amide bonds. The molecule has 2 aromatic carbocycles. The average Bonchev–Trinajstić information content (AvgIpc) is 2.82. The number of ether oxygens (including phenoxy) is 4. The first-order valence-corrected chi connectivity index (χ1v) is 11.1. The molecule has 0 unspecified atom stereocenters. The van der Waals surface area contributed by atoms with E-state index in [4.69, 9.17) is 24.7 Å². The van der Waals surface area contributed by atoms with Gasteiger partial charge >= 0.3 is 5.97 Å². The number of nitrogens with two attached hydrogens (primary N) is 1. The van der Waals surface area contributed by atoms with Gasteiger partial charge in [-0.05, 0) is 45.0 Å². The highest BCUT2D eigenvalue weighted by Crippen LogP contribution is 2.35. The number of pyridine rings is 1. The van der Waals surface area contributed by atoms with E-state index in [9.17, 15) is 9.59 Å². The predicted octanol–water partition coefficient (Wildman–Crippen LogP) is 3.27. The van der Waals surface area contributed by atoms with Crippen LogP contribution in [0.5, 0.6) is 17.2 Å². The first kappa shape index (κ1) is 23.2. The van der Waals surface area contributed by atoms with Crippen molar-refractivity contribution in [3.05, 3.63) is 53.2 Å². The molecule has 0 aliphatic carbocycles. The van der Waals surface area contributed by atoms with Crippen LogP contribution in [-0.2, 0) is 4.74 Å². The van der Waals surface area contributed by atoms with E-state index < -0.39 is 5.97 Å². The van der Waals surface area contributed by atoms with Gasteiger partial charge in [0.25, 0.3) is 5.91 Å². The number of para-hydroxylation sites is 1. The summed E-state index contributed by atoms with van der Waals surface area (Å²) in [4.78, 5) is 29.8. The highest BCUT2D eigenvalue weighted by molar-refractivity contribution is 6.07. The predicted molar refractivity (Wildman–Crippen MR) is 127 cm³/mol. The van der Waals surface area contributed by atoms with Gasteiger partial charge in [-0.2, -0.15) is 0 Å². The Hall–Kier alpha value is -4.01. The molecule has 2 heterocycles. The Morgan fingerprint density at radius 3 is 2.74 bits per heavy atom. The van der Waals surface area contributed by atoms with Crippen molar-refractivity contribution in [1.29, 1.82) is 0 Å². The van der Waals surface area contributed by atoms with Gasteiger partial charge in [0, 0.05) is 0 Å². The fourth-order valence-corrected chi connectivity index (χ4v) is 3.83. The first-order valence-electron chi connectivity index (χ1n) is 11.1. The van der Waals surface area contributed by atoms with Crippen LogP contribution in [0.3, 0.4) is 0 Å². The van der Waals surface area contributed by atoms with Crippen molar-refractivity contribution in [2.24, 2.45) is 0 Å². The van der Waals surface area contributed by atoms with Crippen LogP contribution in [-0.4, -0.2) is 49.3 Å². The minimum Gasteiger partial charge on any atom is -0.491 e. The zero-order valence-corrected chi connectivity index (χ0v) is 19.3. The van der Waals surface area contributed by atoms with Gasteiger partial charge in [0.1, 0.15) is 31.1 Å². The topological polar surface area (TPSA) is 122 Å². The van der Waals surface area contributed by atoms with Crippen molar-refractivity contribution in [3.8, 4) is 17.2 Å². The van der Waals surface area contributed by atoms with Gasteiger partial charge in [-0.1, -0.05) is 12.1 Å². The van der Waals surface area contributed by atoms with E-state index in [0.717, 1.165) is 0 Å². The van der Waals surface area contributed by atoms with Crippen molar-refractivity contribution in [3.63, 3.8) is 0 Å². The normalized spacial score (nSPS) is 13.3. The summed E-state index contributed by atoms with van der Waals surface area (Å²) < 4.78 is 22.3. The number of nitrogen functional groups attached to an aromatic ring is 1. The minimum absolute atomic E-state index is 0.166. The Balaban J connectivity index is 1.52. The van der Waals surface area contributed by atoms with Crippen molar-refractivity contribution < 1.29 is 28.5 Å². The molecular weight excluding hydrogens is 438 g/mol. The molecule has 3 N–H and O–H groups in total. The maximum Gasteiger partial charge on any atom is 0.342 e. The molecule has 9 heteroatoms. The van der Waals surface area contributed by atoms with Crippen LogP contribution in [0.2, 0.25) is 0 Å². The number of aromatic nitrogens is 1. The number of rotatable bonds is 7. The highest BCUT2D eigenvalue weighted by Gasteiger charge is 2.23. The molecule has 0 bridgehead atoms. The molecule has 178 valence electrons. The third kappa shape index (κ3) is 4.54. The van der Waals surface area contributed by atoms with Crippen molar-refractivity contribution in [1.82, 2.24) is 10.3 Å². The number of hydrogen-bond acceptors (Lipinski definition) is 8. The summed E-state index contributed by atoms with van der Waals surface area (Å²) >= 11 is 0. The van der Waals surface area contributed by atoms with Crippen molar-refractivity contribution in [2.45, 2.75) is 26.8 Å². The smallest absolute Gasteiger partial charge is 0.342 e. The van der Waals surface area contributed by atoms with E-state index in [-0.39, 0.29) is 36.4 Å². The molecule has 4 rings (SSSR count). The van der Waals surface area contributed by atoms with E-state index in [2.05, 4.69) is 10.3 Å². The number of nitrogens with one attached hydrogen (secondary N) is 1. The standard InChI is InChI=1S/C25H27N3O6/c1-4-31-25(30)20-15(3)28-17-8-6-9-18(21(17)22(20)26)34-13-14(2)27-24(29)16-7-5-10-19-23(16)33-12-11-32-19/h5-10,14H,4,11-13H2,1-3H3,(H2,26,28)(H,27,29)/t14-/m0/s1. The summed E-state index contributed by atoms with van der Waals surface area (Å²) in [5.74, 6) is 0.629. The number of esters is 1. The number of carbonyl (C=O) groups excluding carboxylic acids is 2. The number of nitrogens with zero attached hydrogens (tertiary/aromatic N) is 1. The summed E-state index contributed by atoms with van der Waals surface area (Å²) in [6.45, 7) is 6.50. The molecule has 9 nitrogen and oxygen atoms in total. The zero-order chi connectivity index (χ0) is 24.2. The third-order valence-electron chi connectivity index (χ3n) is 5.35. The molecule has 0 saturated heterocycles. The Labute approximate surface area is 197 Å². The fourth-order valence-electron chi connectivity index (χ4n) is 3.83. The second-order valence-corrected chi connectivity index (χ2v) is 7.87. The van der Waals surface area contributed by atoms with Gasteiger partial charge in [0.2, 0.25) is 0 Å². The molecule has 0 fully saturated rings. The van der Waals surface area contributed by atoms with E-state index in [1.807, 2.05) is 6.92 Å². The Bertz CT molecular complexity index is 1240. The molecule has 0 radical (unpaired) electrons. The number of hydrogen-bond donors (Lipinski definition) is 2. The van der Waals surface area contributed by atoms with E-state index >= 15 is 0 Å². The lowest BCUT2D eigenvalue weighted by molar-refractivity contribution is 0.0526. The third-order valence-corrected chi connectivity index (χ3v) is 5.35. The lowest BCUT2D eigenvalue weighted by atomic mass is 10.1. The van der Waals surface area contributed by atoms with Gasteiger partial charge in [-0.15, -0.1) is 0 Å². The van der Waals surface area contributed by atoms with Gasteiger partial charge in [-0.3, -0.25) is 9.78 Å². The quantitative estimate of drug-likeness (QED) is 0.510. The second-order valence-electron chi connectivity index (χ2n) is 7.87. The summed E-state index contributed by atoms with van der Waals surface area (Å²) in [6, 6.07) is 10.2. The van der Waals surface area contributed by atoms with Gasteiger partial charge in [-0.25, -0.2) is 4.79 Å². The van der Waals surface area contributed by atoms with Crippen LogP contribution in [0.15, 0.2) is 36.4 Å². The lowest BCUT2D eigenvalue weighted by Gasteiger charge is -2.22. The Morgan fingerprint density at radius 1 is 1.18 bits per heavy atom. The summed E-state index contributed by atoms with van der Waals surface area (Å²) in [7, 11) is 0. The highest BCUT2D eigenvalue weighted by atomic mass is 16.6. The molecular formula is C25H27N3O6. The van der Waals surface area contributed by atoms with Crippen LogP contribution in [0.4, 0.5) is 5.69 Å². The molecule has 34 heavy (non-hydrogen) atoms. The van der Waals surface area contributed by atoms with E-state index in [1.54, 1.807) is 50.2 Å². The van der Waals surface area contributed by atoms with Crippen LogP contribution in [0.1, 0.15) is 40.3 Å². The molecule has 1 atom stereocenters. The fraction of sp³-hybridized carbons (Fsp3) is 0.320. The first-order chi connectivity index (χ1) is 16.4. The lowest BCUT2D eigenvalue weighted by Crippen LogP contribution is -2.37. The van der Waals surface area contributed by atoms with Gasteiger partial charge in [0.05, 0.1) is 40.5 Å². The SMILES string of the molecule is CCOC(=O)c1c(C)nc2cccc(OC[C@H](C)NC(=O)c3cccc4c3OCCO4)c2c1N. The number of anilines is 1. The Morgan fingerprint density at radius 2 is 1.94 bits per heavy atom. The van der Waals surface area contributed by atoms with E-state index in [0.29, 0.717) is 52.6 Å². The maximum absolute atomic E-state index is 12.8. The number of benzene rings is 2. The molecule has 1 aliphatic heterocycles. The zero-order valence-electron chi connectivity index (χ0n) is 19.3. The Kier molecular flexibility index (Phi) is 6.72. The van der Waals surface area contributed by atoms with Crippen molar-refractivity contribution >= 4 is 28.5 Å². The summed E-state index contributed by atoms with van der Waals surface area (Å²) in [5.41, 5.74) is 8.33. The van der Waals surface area contributed by atoms with Gasteiger partial charge in [0.15, 0.2) is 11.5 Å². The second kappa shape index (κ2) is 9.86. The number of fused-ring (bicyclic) bond motifs is 2. The minimum atomic E-state index is -0.528. The molecule has 0 saturated carbocycles. The number of carbonyl (C=O) groups is 2. The molecule has 0 spiro atoms. The molecule has 1 aliphatic rings. The van der Waals surface area contributed by atoms with Crippen molar-refractivity contribution in [2.75, 3.05) is 32.2 Å². The largest absolute Gasteiger partial charge is 0.491 e. The van der Waals surface area contributed by atoms with Gasteiger partial charge < -0.3 is 30.0 Å². The molecule has 3 aromatic rings. The van der Waals surface area contributed by atoms with Crippen LogP contribution >= 0.6 is 0 Å². The summed E-state index contributed by atoms with van der Waals surface area (Å²) in [5, 5.41) is 3.44. The average molecular weight is 466 g/mol. The van der Waals surface area contributed by atoms with E-state index in [1.165, 1.54) is 0 Å².